The normalized spacial score (nSPS) is 11.9. The highest BCUT2D eigenvalue weighted by Crippen LogP contribution is 2.48. The molecular weight excluding hydrogens is 1560 g/mol. The molecule has 4 aromatic rings. The number of unbranched alkanes of at least 4 members (excludes halogenated alkanes) is 78. The summed E-state index contributed by atoms with van der Waals surface area (Å²) in [6, 6.07) is 16.8. The lowest BCUT2D eigenvalue weighted by atomic mass is 9.94. The topological polar surface area (TPSA) is 0 Å². The molecule has 0 saturated carbocycles. The molecule has 4 rings (SSSR count). The van der Waals surface area contributed by atoms with Crippen molar-refractivity contribution in [1.29, 1.82) is 0 Å². The summed E-state index contributed by atoms with van der Waals surface area (Å²) in [4.78, 5) is 9.47. The second kappa shape index (κ2) is 86.8. The molecule has 0 radical (unpaired) electrons. The van der Waals surface area contributed by atoms with Gasteiger partial charge in [0.1, 0.15) is 0 Å². The summed E-state index contributed by atoms with van der Waals surface area (Å²) in [5.41, 5.74) is 0. The van der Waals surface area contributed by atoms with Crippen LogP contribution in [0.3, 0.4) is 0 Å². The van der Waals surface area contributed by atoms with E-state index in [0.29, 0.717) is 0 Å². The Hall–Kier alpha value is -0.240. The average molecular weight is 1770 g/mol. The Labute approximate surface area is 777 Å². The summed E-state index contributed by atoms with van der Waals surface area (Å²) in [6.45, 7) is 14.1. The molecule has 4 aromatic carbocycles. The molecule has 0 atom stereocenters. The molecule has 0 saturated heterocycles. The molecule has 0 fully saturated rings. The minimum atomic E-state index is 1.24. The van der Waals surface area contributed by atoms with Crippen molar-refractivity contribution in [3.63, 3.8) is 0 Å². The van der Waals surface area contributed by atoms with E-state index >= 15 is 0 Å². The molecule has 0 N–H and O–H groups in total. The Bertz CT molecular complexity index is 2310. The zero-order chi connectivity index (χ0) is 85.1. The molecule has 6 heteroatoms. The van der Waals surface area contributed by atoms with Crippen molar-refractivity contribution >= 4 is 103 Å². The molecule has 120 heavy (non-hydrogen) atoms. The summed E-state index contributed by atoms with van der Waals surface area (Å²) >= 11 is 13.4. The first-order valence-electron chi connectivity index (χ1n) is 54.9. The number of benzene rings is 4. The molecule has 0 aliphatic rings. The number of hydrogen-bond acceptors (Lipinski definition) is 6. The van der Waals surface area contributed by atoms with E-state index in [1.165, 1.54) is 606 Å². The smallest absolute Gasteiger partial charge is 0.0215 e. The number of fused-ring (bicyclic) bond motifs is 6. The third-order valence-electron chi connectivity index (χ3n) is 26.7. The Morgan fingerprint density at radius 3 is 0.267 bits per heavy atom. The summed E-state index contributed by atoms with van der Waals surface area (Å²) in [5, 5.41) is 9.22. The SMILES string of the molecule is CCCCCCCCCCCCCCCCSc1cc2c3cc(SCCCCCCCCCCCCCCCC)c(SCCCCCCCCCCCCCCCC)cc3c3cc(SCCCCCCCCCCCCCCCC)c(SCCCCCCCCCCCCCCCC)cc3c2cc1SCCCCCCCCCCCCCCCC. The van der Waals surface area contributed by atoms with E-state index in [1.54, 1.807) is 29.4 Å². The van der Waals surface area contributed by atoms with Crippen LogP contribution in [0.2, 0.25) is 0 Å². The second-order valence-electron chi connectivity index (χ2n) is 38.2. The van der Waals surface area contributed by atoms with Crippen LogP contribution in [0.15, 0.2) is 65.8 Å². The Morgan fingerprint density at radius 2 is 0.183 bits per heavy atom. The van der Waals surface area contributed by atoms with Gasteiger partial charge in [-0.15, -0.1) is 70.6 Å². The molecule has 0 aromatic heterocycles. The molecule has 0 heterocycles. The highest BCUT2D eigenvalue weighted by molar-refractivity contribution is 8.03. The Balaban J connectivity index is 1.72. The van der Waals surface area contributed by atoms with Gasteiger partial charge in [-0.3, -0.25) is 0 Å². The van der Waals surface area contributed by atoms with E-state index < -0.39 is 0 Å². The third kappa shape index (κ3) is 61.4. The largest absolute Gasteiger partial charge is 0.125 e. The lowest BCUT2D eigenvalue weighted by Gasteiger charge is -2.20. The van der Waals surface area contributed by atoms with Crippen LogP contribution in [-0.4, -0.2) is 34.5 Å². The molecule has 696 valence electrons. The van der Waals surface area contributed by atoms with Crippen LogP contribution < -0.4 is 0 Å². The second-order valence-corrected chi connectivity index (χ2v) is 45.0. The van der Waals surface area contributed by atoms with Crippen LogP contribution >= 0.6 is 70.6 Å². The van der Waals surface area contributed by atoms with Crippen molar-refractivity contribution in [3.8, 4) is 0 Å². The molecule has 0 bridgehead atoms. The number of thioether (sulfide) groups is 6. The first-order valence-corrected chi connectivity index (χ1v) is 60.8. The van der Waals surface area contributed by atoms with Crippen molar-refractivity contribution in [1.82, 2.24) is 0 Å². The highest BCUT2D eigenvalue weighted by Gasteiger charge is 2.20. The minimum Gasteiger partial charge on any atom is -0.125 e. The predicted octanol–water partition coefficient (Wildman–Crippen LogP) is 44.6. The van der Waals surface area contributed by atoms with Crippen LogP contribution in [0.5, 0.6) is 0 Å². The van der Waals surface area contributed by atoms with Gasteiger partial charge in [0.15, 0.2) is 0 Å². The quantitative estimate of drug-likeness (QED) is 0.0244. The zero-order valence-corrected chi connectivity index (χ0v) is 86.5. The highest BCUT2D eigenvalue weighted by atomic mass is 32.2. The first kappa shape index (κ1) is 112. The van der Waals surface area contributed by atoms with Crippen molar-refractivity contribution < 1.29 is 0 Å². The van der Waals surface area contributed by atoms with Crippen molar-refractivity contribution in [3.05, 3.63) is 36.4 Å². The fraction of sp³-hybridized carbons (Fsp3) is 0.842. The predicted molar refractivity (Wildman–Crippen MR) is 565 cm³/mol. The average Bonchev–Trinajstić information content (AvgIpc) is 0.726. The molecule has 0 unspecified atom stereocenters. The van der Waals surface area contributed by atoms with Gasteiger partial charge in [-0.2, -0.15) is 0 Å². The number of rotatable bonds is 96. The molecule has 0 amide bonds. The third-order valence-corrected chi connectivity index (χ3v) is 33.9. The van der Waals surface area contributed by atoms with Gasteiger partial charge in [0.25, 0.3) is 0 Å². The van der Waals surface area contributed by atoms with Crippen molar-refractivity contribution in [2.24, 2.45) is 0 Å². The maximum absolute atomic E-state index is 2.79. The lowest BCUT2D eigenvalue weighted by molar-refractivity contribution is 0.538. The molecular formula is C114H204S6. The standard InChI is InChI=1S/C114H204S6/c1-7-13-19-25-31-37-43-49-55-61-67-73-79-85-91-115-109-97-103-104(98-110(109)116-92-86-80-74-68-62-56-50-44-38-32-26-20-14-8-2)106-100-112(118-94-88-82-76-70-64-58-52-46-40-34-28-22-16-10-4)114(120-96-90-84-78-72-66-60-54-48-42-36-30-24-18-12-6)102-108(106)107-101-113(119-95-89-83-77-71-65-59-53-47-41-35-29-23-17-11-5)111(99-105(103)107)117-93-87-81-75-69-63-57-51-45-39-33-27-21-15-9-3/h97-102H,7-96H2,1-6H3. The summed E-state index contributed by atoms with van der Waals surface area (Å²) in [6.07, 6.45) is 120. The molecule has 0 spiro atoms. The van der Waals surface area contributed by atoms with Crippen molar-refractivity contribution in [2.45, 2.75) is 610 Å². The fourth-order valence-electron chi connectivity index (χ4n) is 18.6. The van der Waals surface area contributed by atoms with Crippen LogP contribution in [0, 0.1) is 0 Å². The van der Waals surface area contributed by atoms with Crippen LogP contribution in [0.1, 0.15) is 581 Å². The van der Waals surface area contributed by atoms with Gasteiger partial charge in [0.05, 0.1) is 0 Å². The van der Waals surface area contributed by atoms with Crippen LogP contribution in [0.25, 0.3) is 32.3 Å². The maximum Gasteiger partial charge on any atom is 0.0215 e. The Morgan fingerprint density at radius 1 is 0.108 bits per heavy atom. The van der Waals surface area contributed by atoms with Gasteiger partial charge in [0.2, 0.25) is 0 Å². The fourth-order valence-corrected chi connectivity index (χ4v) is 25.5. The van der Waals surface area contributed by atoms with E-state index in [9.17, 15) is 0 Å². The Kier molecular flexibility index (Phi) is 81.1. The van der Waals surface area contributed by atoms with Crippen molar-refractivity contribution in [2.75, 3.05) is 34.5 Å². The number of hydrogen-bond donors (Lipinski definition) is 0. The maximum atomic E-state index is 2.79. The first-order chi connectivity index (χ1) is 59.6. The van der Waals surface area contributed by atoms with Gasteiger partial charge in [-0.1, -0.05) is 542 Å². The van der Waals surface area contributed by atoms with Gasteiger partial charge in [-0.05, 0) is 142 Å². The molecule has 0 aliphatic heterocycles. The van der Waals surface area contributed by atoms with Crippen LogP contribution in [-0.2, 0) is 0 Å². The zero-order valence-electron chi connectivity index (χ0n) is 81.6. The minimum absolute atomic E-state index is 1.24. The lowest BCUT2D eigenvalue weighted by Crippen LogP contribution is -1.94. The van der Waals surface area contributed by atoms with E-state index in [4.69, 9.17) is 0 Å². The van der Waals surface area contributed by atoms with E-state index in [1.807, 2.05) is 0 Å². The summed E-state index contributed by atoms with van der Waals surface area (Å²) < 4.78 is 0. The molecule has 0 aliphatic carbocycles. The summed E-state index contributed by atoms with van der Waals surface area (Å²) in [7, 11) is 0. The van der Waals surface area contributed by atoms with Gasteiger partial charge in [-0.25, -0.2) is 0 Å². The van der Waals surface area contributed by atoms with Gasteiger partial charge < -0.3 is 0 Å². The van der Waals surface area contributed by atoms with Gasteiger partial charge >= 0.3 is 0 Å². The van der Waals surface area contributed by atoms with E-state index in [0.717, 1.165) is 0 Å². The van der Waals surface area contributed by atoms with Gasteiger partial charge in [0, 0.05) is 29.4 Å². The van der Waals surface area contributed by atoms with Crippen LogP contribution in [0.4, 0.5) is 0 Å². The molecule has 0 nitrogen and oxygen atoms in total. The van der Waals surface area contributed by atoms with E-state index in [2.05, 4.69) is 149 Å². The monoisotopic (exact) mass is 1770 g/mol. The van der Waals surface area contributed by atoms with E-state index in [-0.39, 0.29) is 0 Å². The summed E-state index contributed by atoms with van der Waals surface area (Å²) in [5.74, 6) is 7.43.